The summed E-state index contributed by atoms with van der Waals surface area (Å²) in [6.07, 6.45) is 3.18. The van der Waals surface area contributed by atoms with Gasteiger partial charge in [-0.05, 0) is 6.42 Å². The fourth-order valence-corrected chi connectivity index (χ4v) is 1.12. The number of hydrogen-bond acceptors (Lipinski definition) is 4. The number of carbonyl (C=O) groups excluding carboxylic acids is 2. The van der Waals surface area contributed by atoms with Crippen LogP contribution in [0.4, 0.5) is 0 Å². The Kier molecular flexibility index (Phi) is 4.28. The van der Waals surface area contributed by atoms with Crippen LogP contribution in [0, 0.1) is 0 Å². The first-order valence-electron chi connectivity index (χ1n) is 4.36. The minimum Gasteiger partial charge on any atom is -0.359 e. The maximum Gasteiger partial charge on any atom is 0.253 e. The predicted octanol–water partition coefficient (Wildman–Crippen LogP) is -0.0780. The van der Waals surface area contributed by atoms with Crippen LogP contribution in [-0.4, -0.2) is 43.8 Å². The molecule has 0 spiro atoms. The summed E-state index contributed by atoms with van der Waals surface area (Å²) in [6, 6.07) is 0. The summed E-state index contributed by atoms with van der Waals surface area (Å²) in [5.41, 5.74) is 0. The second-order valence-corrected chi connectivity index (χ2v) is 2.83. The standard InChI is InChI=1S/C9H13NO4/c1-13-7-14-6-2-5-10-8(11)3-4-9(10)12/h3-4H,2,5-7H2,1H3. The number of ether oxygens (including phenoxy) is 2. The topological polar surface area (TPSA) is 55.8 Å². The van der Waals surface area contributed by atoms with Crippen LogP contribution < -0.4 is 0 Å². The van der Waals surface area contributed by atoms with E-state index >= 15 is 0 Å². The molecule has 0 saturated carbocycles. The number of hydrogen-bond donors (Lipinski definition) is 0. The predicted molar refractivity (Wildman–Crippen MR) is 48.3 cm³/mol. The Labute approximate surface area is 82.3 Å². The van der Waals surface area contributed by atoms with E-state index in [0.29, 0.717) is 19.6 Å². The maximum absolute atomic E-state index is 11.1. The minimum atomic E-state index is -0.248. The maximum atomic E-state index is 11.1. The van der Waals surface area contributed by atoms with Gasteiger partial charge in [-0.1, -0.05) is 0 Å². The van der Waals surface area contributed by atoms with Crippen molar-refractivity contribution in [2.24, 2.45) is 0 Å². The molecule has 0 saturated heterocycles. The zero-order chi connectivity index (χ0) is 10.4. The summed E-state index contributed by atoms with van der Waals surface area (Å²) in [7, 11) is 1.54. The lowest BCUT2D eigenvalue weighted by atomic mass is 10.4. The number of rotatable bonds is 6. The summed E-state index contributed by atoms with van der Waals surface area (Å²) in [4.78, 5) is 23.3. The van der Waals surface area contributed by atoms with Crippen molar-refractivity contribution < 1.29 is 19.1 Å². The van der Waals surface area contributed by atoms with Gasteiger partial charge in [0.25, 0.3) is 11.8 Å². The highest BCUT2D eigenvalue weighted by atomic mass is 16.7. The lowest BCUT2D eigenvalue weighted by Gasteiger charge is -2.12. The molecule has 78 valence electrons. The van der Waals surface area contributed by atoms with Crippen molar-refractivity contribution >= 4 is 11.8 Å². The van der Waals surface area contributed by atoms with Crippen LogP contribution in [0.3, 0.4) is 0 Å². The van der Waals surface area contributed by atoms with E-state index in [1.165, 1.54) is 24.2 Å². The lowest BCUT2D eigenvalue weighted by Crippen LogP contribution is -2.31. The van der Waals surface area contributed by atoms with E-state index in [1.807, 2.05) is 0 Å². The Morgan fingerprint density at radius 2 is 1.93 bits per heavy atom. The Morgan fingerprint density at radius 1 is 1.29 bits per heavy atom. The molecule has 1 aliphatic rings. The van der Waals surface area contributed by atoms with Gasteiger partial charge >= 0.3 is 0 Å². The third-order valence-electron chi connectivity index (χ3n) is 1.77. The molecular weight excluding hydrogens is 186 g/mol. The number of amides is 2. The van der Waals surface area contributed by atoms with E-state index in [9.17, 15) is 9.59 Å². The van der Waals surface area contributed by atoms with Crippen molar-refractivity contribution in [2.45, 2.75) is 6.42 Å². The fraction of sp³-hybridized carbons (Fsp3) is 0.556. The number of methoxy groups -OCH3 is 1. The Balaban J connectivity index is 2.13. The Hall–Kier alpha value is -1.20. The van der Waals surface area contributed by atoms with Gasteiger partial charge in [-0.25, -0.2) is 0 Å². The highest BCUT2D eigenvalue weighted by Crippen LogP contribution is 2.03. The highest BCUT2D eigenvalue weighted by Gasteiger charge is 2.22. The normalized spacial score (nSPS) is 15.6. The van der Waals surface area contributed by atoms with Gasteiger partial charge < -0.3 is 9.47 Å². The highest BCUT2D eigenvalue weighted by molar-refractivity contribution is 6.12. The smallest absolute Gasteiger partial charge is 0.253 e. The monoisotopic (exact) mass is 199 g/mol. The number of carbonyl (C=O) groups is 2. The van der Waals surface area contributed by atoms with Crippen LogP contribution in [0.5, 0.6) is 0 Å². The molecule has 1 heterocycles. The molecule has 0 bridgehead atoms. The van der Waals surface area contributed by atoms with Gasteiger partial charge in [0.1, 0.15) is 6.79 Å². The molecule has 1 aliphatic heterocycles. The van der Waals surface area contributed by atoms with Gasteiger partial charge in [-0.15, -0.1) is 0 Å². The first-order chi connectivity index (χ1) is 6.75. The van der Waals surface area contributed by atoms with Crippen molar-refractivity contribution in [2.75, 3.05) is 27.1 Å². The molecular formula is C9H13NO4. The van der Waals surface area contributed by atoms with Gasteiger partial charge in [-0.3, -0.25) is 14.5 Å². The van der Waals surface area contributed by atoms with Gasteiger partial charge in [0.2, 0.25) is 0 Å². The summed E-state index contributed by atoms with van der Waals surface area (Å²) < 4.78 is 9.70. The van der Waals surface area contributed by atoms with Crippen LogP contribution in [0.25, 0.3) is 0 Å². The number of nitrogens with zero attached hydrogens (tertiary/aromatic N) is 1. The van der Waals surface area contributed by atoms with E-state index < -0.39 is 0 Å². The van der Waals surface area contributed by atoms with Crippen molar-refractivity contribution in [3.05, 3.63) is 12.2 Å². The Bertz CT molecular complexity index is 231. The van der Waals surface area contributed by atoms with Crippen LogP contribution in [0.15, 0.2) is 12.2 Å². The van der Waals surface area contributed by atoms with Crippen molar-refractivity contribution in [1.29, 1.82) is 0 Å². The first kappa shape index (κ1) is 10.9. The molecule has 0 fully saturated rings. The molecule has 0 aromatic rings. The van der Waals surface area contributed by atoms with E-state index in [4.69, 9.17) is 4.74 Å². The molecule has 0 aromatic carbocycles. The lowest BCUT2D eigenvalue weighted by molar-refractivity contribution is -0.137. The average molecular weight is 199 g/mol. The Morgan fingerprint density at radius 3 is 2.50 bits per heavy atom. The third-order valence-corrected chi connectivity index (χ3v) is 1.77. The zero-order valence-corrected chi connectivity index (χ0v) is 8.06. The molecule has 1 rings (SSSR count). The van der Waals surface area contributed by atoms with Gasteiger partial charge in [0.05, 0.1) is 6.61 Å². The molecule has 0 unspecified atom stereocenters. The molecule has 2 amide bonds. The van der Waals surface area contributed by atoms with E-state index in [-0.39, 0.29) is 18.6 Å². The SMILES string of the molecule is COCOCCCN1C(=O)C=CC1=O. The second kappa shape index (κ2) is 5.51. The van der Waals surface area contributed by atoms with Crippen LogP contribution in [-0.2, 0) is 19.1 Å². The molecule has 0 aliphatic carbocycles. The van der Waals surface area contributed by atoms with Crippen LogP contribution in [0.2, 0.25) is 0 Å². The zero-order valence-electron chi connectivity index (χ0n) is 8.06. The minimum absolute atomic E-state index is 0.236. The van der Waals surface area contributed by atoms with E-state index in [0.717, 1.165) is 0 Å². The molecule has 14 heavy (non-hydrogen) atoms. The largest absolute Gasteiger partial charge is 0.359 e. The van der Waals surface area contributed by atoms with Crippen molar-refractivity contribution in [3.8, 4) is 0 Å². The van der Waals surface area contributed by atoms with Crippen LogP contribution >= 0.6 is 0 Å². The van der Waals surface area contributed by atoms with Crippen molar-refractivity contribution in [1.82, 2.24) is 4.90 Å². The van der Waals surface area contributed by atoms with Crippen LogP contribution in [0.1, 0.15) is 6.42 Å². The average Bonchev–Trinajstić information content (AvgIpc) is 2.48. The second-order valence-electron chi connectivity index (χ2n) is 2.83. The van der Waals surface area contributed by atoms with Gasteiger partial charge in [0, 0.05) is 25.8 Å². The summed E-state index contributed by atoms with van der Waals surface area (Å²) >= 11 is 0. The van der Waals surface area contributed by atoms with Gasteiger partial charge in [0.15, 0.2) is 0 Å². The summed E-state index contributed by atoms with van der Waals surface area (Å²) in [5.74, 6) is -0.497. The first-order valence-corrected chi connectivity index (χ1v) is 4.36. The molecule has 5 nitrogen and oxygen atoms in total. The molecule has 0 atom stereocenters. The molecule has 5 heteroatoms. The van der Waals surface area contributed by atoms with Crippen molar-refractivity contribution in [3.63, 3.8) is 0 Å². The summed E-state index contributed by atoms with van der Waals surface area (Å²) in [6.45, 7) is 1.11. The number of imide groups is 1. The quantitative estimate of drug-likeness (QED) is 0.341. The van der Waals surface area contributed by atoms with E-state index in [2.05, 4.69) is 4.74 Å². The third kappa shape index (κ3) is 2.93. The van der Waals surface area contributed by atoms with E-state index in [1.54, 1.807) is 0 Å². The molecule has 0 N–H and O–H groups in total. The molecule has 0 aromatic heterocycles. The van der Waals surface area contributed by atoms with Gasteiger partial charge in [-0.2, -0.15) is 0 Å². The fourth-order valence-electron chi connectivity index (χ4n) is 1.12. The molecule has 0 radical (unpaired) electrons. The summed E-state index contributed by atoms with van der Waals surface area (Å²) in [5, 5.41) is 0.